The highest BCUT2D eigenvalue weighted by Crippen LogP contribution is 2.28. The Bertz CT molecular complexity index is 440. The SMILES string of the molecule is O=C(NC(CO)CO)c1ccccc1C1CCNCC1. The topological polar surface area (TPSA) is 81.6 Å². The van der Waals surface area contributed by atoms with Crippen molar-refractivity contribution < 1.29 is 15.0 Å². The van der Waals surface area contributed by atoms with Crippen molar-refractivity contribution in [2.24, 2.45) is 0 Å². The first kappa shape index (κ1) is 15.0. The zero-order valence-corrected chi connectivity index (χ0v) is 11.5. The highest BCUT2D eigenvalue weighted by Gasteiger charge is 2.21. The number of carbonyl (C=O) groups excluding carboxylic acids is 1. The number of carbonyl (C=O) groups is 1. The van der Waals surface area contributed by atoms with Gasteiger partial charge < -0.3 is 20.8 Å². The molecule has 2 rings (SSSR count). The van der Waals surface area contributed by atoms with E-state index in [1.54, 1.807) is 6.07 Å². The highest BCUT2D eigenvalue weighted by atomic mass is 16.3. The summed E-state index contributed by atoms with van der Waals surface area (Å²) < 4.78 is 0. The molecule has 1 saturated heterocycles. The van der Waals surface area contributed by atoms with E-state index in [9.17, 15) is 4.79 Å². The first-order chi connectivity index (χ1) is 9.76. The molecule has 0 atom stereocenters. The van der Waals surface area contributed by atoms with Crippen molar-refractivity contribution in [3.63, 3.8) is 0 Å². The van der Waals surface area contributed by atoms with Crippen LogP contribution in [0, 0.1) is 0 Å². The van der Waals surface area contributed by atoms with Crippen molar-refractivity contribution in [3.8, 4) is 0 Å². The van der Waals surface area contributed by atoms with Crippen LogP contribution in [-0.4, -0.2) is 48.5 Å². The Hall–Kier alpha value is -1.43. The third kappa shape index (κ3) is 3.56. The molecule has 1 aromatic rings. The lowest BCUT2D eigenvalue weighted by atomic mass is 9.87. The maximum atomic E-state index is 12.3. The van der Waals surface area contributed by atoms with Crippen molar-refractivity contribution >= 4 is 5.91 Å². The lowest BCUT2D eigenvalue weighted by Gasteiger charge is -2.25. The number of nitrogens with one attached hydrogen (secondary N) is 2. The average molecular weight is 278 g/mol. The van der Waals surface area contributed by atoms with E-state index in [0.717, 1.165) is 31.5 Å². The van der Waals surface area contributed by atoms with E-state index in [-0.39, 0.29) is 19.1 Å². The minimum Gasteiger partial charge on any atom is -0.394 e. The monoisotopic (exact) mass is 278 g/mol. The van der Waals surface area contributed by atoms with E-state index in [1.807, 2.05) is 18.2 Å². The molecule has 1 fully saturated rings. The van der Waals surface area contributed by atoms with E-state index >= 15 is 0 Å². The zero-order valence-electron chi connectivity index (χ0n) is 11.5. The minimum atomic E-state index is -0.608. The Morgan fingerprint density at radius 3 is 2.55 bits per heavy atom. The molecule has 110 valence electrons. The van der Waals surface area contributed by atoms with Crippen LogP contribution >= 0.6 is 0 Å². The largest absolute Gasteiger partial charge is 0.394 e. The number of rotatable bonds is 5. The zero-order chi connectivity index (χ0) is 14.4. The van der Waals surface area contributed by atoms with Gasteiger partial charge in [-0.2, -0.15) is 0 Å². The van der Waals surface area contributed by atoms with Gasteiger partial charge in [0.05, 0.1) is 19.3 Å². The molecule has 1 heterocycles. The van der Waals surface area contributed by atoms with Gasteiger partial charge in [0.2, 0.25) is 0 Å². The molecule has 4 N–H and O–H groups in total. The minimum absolute atomic E-state index is 0.229. The number of piperidine rings is 1. The molecule has 5 nitrogen and oxygen atoms in total. The van der Waals surface area contributed by atoms with Crippen LogP contribution in [0.1, 0.15) is 34.7 Å². The van der Waals surface area contributed by atoms with Crippen molar-refractivity contribution in [3.05, 3.63) is 35.4 Å². The Morgan fingerprint density at radius 1 is 1.25 bits per heavy atom. The molecule has 5 heteroatoms. The molecule has 0 saturated carbocycles. The number of amides is 1. The molecule has 20 heavy (non-hydrogen) atoms. The Kier molecular flexibility index (Phi) is 5.52. The maximum Gasteiger partial charge on any atom is 0.251 e. The summed E-state index contributed by atoms with van der Waals surface area (Å²) in [5.74, 6) is 0.159. The van der Waals surface area contributed by atoms with Gasteiger partial charge in [-0.05, 0) is 43.5 Å². The predicted octanol–water partition coefficient (Wildman–Crippen LogP) is 0.237. The summed E-state index contributed by atoms with van der Waals surface area (Å²) in [5, 5.41) is 24.1. The van der Waals surface area contributed by atoms with Crippen molar-refractivity contribution in [1.82, 2.24) is 10.6 Å². The second kappa shape index (κ2) is 7.38. The molecule has 0 spiro atoms. The van der Waals surface area contributed by atoms with E-state index in [4.69, 9.17) is 10.2 Å². The number of hydrogen-bond acceptors (Lipinski definition) is 4. The summed E-state index contributed by atoms with van der Waals surface area (Å²) in [7, 11) is 0. The van der Waals surface area contributed by atoms with Gasteiger partial charge in [0.15, 0.2) is 0 Å². The molecule has 1 aliphatic rings. The summed E-state index contributed by atoms with van der Waals surface area (Å²) >= 11 is 0. The van der Waals surface area contributed by atoms with Crippen LogP contribution in [0.15, 0.2) is 24.3 Å². The molecule has 0 bridgehead atoms. The van der Waals surface area contributed by atoms with Crippen LogP contribution in [0.25, 0.3) is 0 Å². The fourth-order valence-corrected chi connectivity index (χ4v) is 2.60. The summed E-state index contributed by atoms with van der Waals surface area (Å²) in [4.78, 5) is 12.3. The summed E-state index contributed by atoms with van der Waals surface area (Å²) in [5.41, 5.74) is 1.70. The van der Waals surface area contributed by atoms with Crippen LogP contribution in [0.4, 0.5) is 0 Å². The van der Waals surface area contributed by atoms with Gasteiger partial charge in [0, 0.05) is 5.56 Å². The summed E-state index contributed by atoms with van der Waals surface area (Å²) in [6.45, 7) is 1.41. The fourth-order valence-electron chi connectivity index (χ4n) is 2.60. The van der Waals surface area contributed by atoms with Crippen molar-refractivity contribution in [2.75, 3.05) is 26.3 Å². The number of aliphatic hydroxyl groups excluding tert-OH is 2. The third-order valence-electron chi connectivity index (χ3n) is 3.76. The first-order valence-electron chi connectivity index (χ1n) is 7.08. The molecule has 0 unspecified atom stereocenters. The number of aliphatic hydroxyl groups is 2. The molecule has 0 aliphatic carbocycles. The van der Waals surface area contributed by atoms with Crippen LogP contribution in [0.3, 0.4) is 0 Å². The van der Waals surface area contributed by atoms with E-state index in [1.165, 1.54) is 0 Å². The molecule has 0 radical (unpaired) electrons. The Labute approximate surface area is 119 Å². The molecule has 1 aromatic carbocycles. The van der Waals surface area contributed by atoms with Crippen molar-refractivity contribution in [2.45, 2.75) is 24.8 Å². The standard InChI is InChI=1S/C15H22N2O3/c18-9-12(10-19)17-15(20)14-4-2-1-3-13(14)11-5-7-16-8-6-11/h1-4,11-12,16,18-19H,5-10H2,(H,17,20). The second-order valence-electron chi connectivity index (χ2n) is 5.15. The molecule has 1 aliphatic heterocycles. The Morgan fingerprint density at radius 2 is 1.90 bits per heavy atom. The van der Waals surface area contributed by atoms with E-state index < -0.39 is 6.04 Å². The number of benzene rings is 1. The van der Waals surface area contributed by atoms with Gasteiger partial charge >= 0.3 is 0 Å². The lowest BCUT2D eigenvalue weighted by Crippen LogP contribution is -2.40. The van der Waals surface area contributed by atoms with Crippen LogP contribution in [0.5, 0.6) is 0 Å². The molecular formula is C15H22N2O3. The smallest absolute Gasteiger partial charge is 0.251 e. The quantitative estimate of drug-likeness (QED) is 0.622. The van der Waals surface area contributed by atoms with Gasteiger partial charge in [0.1, 0.15) is 0 Å². The normalized spacial score (nSPS) is 16.4. The lowest BCUT2D eigenvalue weighted by molar-refractivity contribution is 0.0877. The van der Waals surface area contributed by atoms with E-state index in [2.05, 4.69) is 10.6 Å². The fraction of sp³-hybridized carbons (Fsp3) is 0.533. The first-order valence-corrected chi connectivity index (χ1v) is 7.08. The third-order valence-corrected chi connectivity index (χ3v) is 3.76. The Balaban J connectivity index is 2.16. The average Bonchev–Trinajstić information content (AvgIpc) is 2.53. The molecule has 1 amide bonds. The maximum absolute atomic E-state index is 12.3. The van der Waals surface area contributed by atoms with Crippen LogP contribution < -0.4 is 10.6 Å². The summed E-state index contributed by atoms with van der Waals surface area (Å²) in [6, 6.07) is 6.98. The number of hydrogen-bond donors (Lipinski definition) is 4. The van der Waals surface area contributed by atoms with Gasteiger partial charge in [-0.25, -0.2) is 0 Å². The van der Waals surface area contributed by atoms with E-state index in [0.29, 0.717) is 11.5 Å². The van der Waals surface area contributed by atoms with Crippen molar-refractivity contribution in [1.29, 1.82) is 0 Å². The van der Waals surface area contributed by atoms with Gasteiger partial charge in [-0.1, -0.05) is 18.2 Å². The van der Waals surface area contributed by atoms with Gasteiger partial charge in [0.25, 0.3) is 5.91 Å². The molecule has 0 aromatic heterocycles. The van der Waals surface area contributed by atoms with Gasteiger partial charge in [-0.15, -0.1) is 0 Å². The van der Waals surface area contributed by atoms with Crippen LogP contribution in [-0.2, 0) is 0 Å². The molecular weight excluding hydrogens is 256 g/mol. The highest BCUT2D eigenvalue weighted by molar-refractivity contribution is 5.96. The second-order valence-corrected chi connectivity index (χ2v) is 5.15. The summed E-state index contributed by atoms with van der Waals surface area (Å²) in [6.07, 6.45) is 2.04. The van der Waals surface area contributed by atoms with Gasteiger partial charge in [-0.3, -0.25) is 4.79 Å². The van der Waals surface area contributed by atoms with Crippen LogP contribution in [0.2, 0.25) is 0 Å². The predicted molar refractivity (Wildman–Crippen MR) is 76.7 cm³/mol.